The van der Waals surface area contributed by atoms with Gasteiger partial charge in [0.2, 0.25) is 0 Å². The van der Waals surface area contributed by atoms with Crippen LogP contribution in [0.15, 0.2) is 0 Å². The van der Waals surface area contributed by atoms with Crippen molar-refractivity contribution in [1.29, 1.82) is 0 Å². The van der Waals surface area contributed by atoms with Crippen molar-refractivity contribution >= 4 is 5.78 Å². The number of likely N-dealkylation sites (N-methyl/N-ethyl adjacent to an activating group) is 1. The summed E-state index contributed by atoms with van der Waals surface area (Å²) in [5.41, 5.74) is 0. The highest BCUT2D eigenvalue weighted by atomic mass is 16.1. The number of hydrogen-bond acceptors (Lipinski definition) is 2. The highest BCUT2D eigenvalue weighted by Crippen LogP contribution is 2.19. The Labute approximate surface area is 68.6 Å². The molecule has 0 spiro atoms. The van der Waals surface area contributed by atoms with E-state index < -0.39 is 0 Å². The molecule has 1 aliphatic rings. The van der Waals surface area contributed by atoms with Crippen LogP contribution in [0.1, 0.15) is 26.7 Å². The Kier molecular flexibility index (Phi) is 2.66. The maximum absolute atomic E-state index is 11.5. The Morgan fingerprint density at radius 3 is 2.64 bits per heavy atom. The lowest BCUT2D eigenvalue weighted by Gasteiger charge is -2.37. The third-order valence-electron chi connectivity index (χ3n) is 2.71. The fourth-order valence-electron chi connectivity index (χ4n) is 1.41. The molecular weight excluding hydrogens is 138 g/mol. The molecule has 0 saturated carbocycles. The topological polar surface area (TPSA) is 20.3 Å². The van der Waals surface area contributed by atoms with E-state index in [1.165, 1.54) is 0 Å². The summed E-state index contributed by atoms with van der Waals surface area (Å²) >= 11 is 0. The smallest absolute Gasteiger partial charge is 0.152 e. The zero-order chi connectivity index (χ0) is 8.43. The van der Waals surface area contributed by atoms with Crippen LogP contribution in [0.3, 0.4) is 0 Å². The molecule has 1 saturated heterocycles. The standard InChI is InChI=1S/C9H17NO/c1-4-7(2)9(11)8-5-6-10(8)3/h7-8H,4-6H2,1-3H3. The lowest BCUT2D eigenvalue weighted by molar-refractivity contribution is -0.131. The summed E-state index contributed by atoms with van der Waals surface area (Å²) in [4.78, 5) is 13.7. The molecule has 2 atom stereocenters. The van der Waals surface area contributed by atoms with E-state index in [1.807, 2.05) is 14.0 Å². The molecule has 2 heteroatoms. The molecule has 1 rings (SSSR count). The first-order chi connectivity index (χ1) is 5.16. The molecule has 0 aromatic heterocycles. The molecule has 64 valence electrons. The van der Waals surface area contributed by atoms with Gasteiger partial charge in [0.15, 0.2) is 5.78 Å². The van der Waals surface area contributed by atoms with Gasteiger partial charge < -0.3 is 0 Å². The molecule has 0 aliphatic carbocycles. The second kappa shape index (κ2) is 3.35. The van der Waals surface area contributed by atoms with Crippen molar-refractivity contribution in [1.82, 2.24) is 4.90 Å². The van der Waals surface area contributed by atoms with E-state index in [0.717, 1.165) is 19.4 Å². The molecular formula is C9H17NO. The highest BCUT2D eigenvalue weighted by Gasteiger charge is 2.32. The van der Waals surface area contributed by atoms with E-state index in [2.05, 4.69) is 11.8 Å². The SMILES string of the molecule is CCC(C)C(=O)C1CCN1C. The quantitative estimate of drug-likeness (QED) is 0.612. The zero-order valence-corrected chi connectivity index (χ0v) is 7.63. The molecule has 2 unspecified atom stereocenters. The second-order valence-corrected chi connectivity index (χ2v) is 3.50. The Balaban J connectivity index is 2.41. The van der Waals surface area contributed by atoms with Crippen LogP contribution in [0.2, 0.25) is 0 Å². The normalized spacial score (nSPS) is 27.7. The maximum atomic E-state index is 11.5. The average molecular weight is 155 g/mol. The van der Waals surface area contributed by atoms with Gasteiger partial charge in [0.25, 0.3) is 0 Å². The van der Waals surface area contributed by atoms with Crippen LogP contribution in [-0.4, -0.2) is 30.3 Å². The van der Waals surface area contributed by atoms with Crippen LogP contribution < -0.4 is 0 Å². The lowest BCUT2D eigenvalue weighted by Crippen LogP contribution is -2.51. The van der Waals surface area contributed by atoms with E-state index in [1.54, 1.807) is 0 Å². The first kappa shape index (κ1) is 8.72. The molecule has 1 heterocycles. The summed E-state index contributed by atoms with van der Waals surface area (Å²) in [6, 6.07) is 0.241. The van der Waals surface area contributed by atoms with E-state index in [9.17, 15) is 4.79 Å². The lowest BCUT2D eigenvalue weighted by atomic mass is 9.90. The Morgan fingerprint density at radius 1 is 1.73 bits per heavy atom. The van der Waals surface area contributed by atoms with Crippen molar-refractivity contribution in [3.8, 4) is 0 Å². The van der Waals surface area contributed by atoms with Gasteiger partial charge in [0, 0.05) is 12.5 Å². The number of ketones is 1. The van der Waals surface area contributed by atoms with Crippen molar-refractivity contribution < 1.29 is 4.79 Å². The molecule has 0 radical (unpaired) electrons. The summed E-state index contributed by atoms with van der Waals surface area (Å²) in [6.45, 7) is 5.18. The molecule has 0 bridgehead atoms. The molecule has 0 aromatic rings. The third-order valence-corrected chi connectivity index (χ3v) is 2.71. The van der Waals surface area contributed by atoms with Crippen LogP contribution in [-0.2, 0) is 4.79 Å². The summed E-state index contributed by atoms with van der Waals surface area (Å²) in [5, 5.41) is 0. The Bertz CT molecular complexity index is 156. The molecule has 1 fully saturated rings. The second-order valence-electron chi connectivity index (χ2n) is 3.50. The van der Waals surface area contributed by atoms with Gasteiger partial charge in [-0.3, -0.25) is 9.69 Å². The molecule has 0 aromatic carbocycles. The van der Waals surface area contributed by atoms with Gasteiger partial charge in [-0.2, -0.15) is 0 Å². The molecule has 0 amide bonds. The van der Waals surface area contributed by atoms with Crippen molar-refractivity contribution in [3.63, 3.8) is 0 Å². The zero-order valence-electron chi connectivity index (χ0n) is 7.63. The molecule has 11 heavy (non-hydrogen) atoms. The third kappa shape index (κ3) is 1.62. The summed E-state index contributed by atoms with van der Waals surface area (Å²) < 4.78 is 0. The van der Waals surface area contributed by atoms with E-state index in [4.69, 9.17) is 0 Å². The van der Waals surface area contributed by atoms with Crippen molar-refractivity contribution in [2.75, 3.05) is 13.6 Å². The highest BCUT2D eigenvalue weighted by molar-refractivity contribution is 5.86. The number of Topliss-reactive ketones (excluding diaryl/α,β-unsaturated/α-hetero) is 1. The Hall–Kier alpha value is -0.370. The van der Waals surface area contributed by atoms with Gasteiger partial charge >= 0.3 is 0 Å². The monoisotopic (exact) mass is 155 g/mol. The van der Waals surface area contributed by atoms with Gasteiger partial charge in [0.1, 0.15) is 0 Å². The fraction of sp³-hybridized carbons (Fsp3) is 0.889. The minimum absolute atomic E-state index is 0.241. The number of carbonyl (C=O) groups is 1. The molecule has 1 aliphatic heterocycles. The average Bonchev–Trinajstić information content (AvgIpc) is 2.00. The van der Waals surface area contributed by atoms with Crippen LogP contribution in [0.25, 0.3) is 0 Å². The minimum Gasteiger partial charge on any atom is -0.298 e. The first-order valence-electron chi connectivity index (χ1n) is 4.40. The molecule has 0 N–H and O–H groups in total. The van der Waals surface area contributed by atoms with Crippen molar-refractivity contribution in [2.45, 2.75) is 32.7 Å². The number of likely N-dealkylation sites (tertiary alicyclic amines) is 1. The van der Waals surface area contributed by atoms with Gasteiger partial charge in [0.05, 0.1) is 6.04 Å². The van der Waals surface area contributed by atoms with Crippen LogP contribution in [0.5, 0.6) is 0 Å². The largest absolute Gasteiger partial charge is 0.298 e. The van der Waals surface area contributed by atoms with Gasteiger partial charge in [-0.25, -0.2) is 0 Å². The summed E-state index contributed by atoms with van der Waals surface area (Å²) in [7, 11) is 2.02. The van der Waals surface area contributed by atoms with Gasteiger partial charge in [-0.15, -0.1) is 0 Å². The number of hydrogen-bond donors (Lipinski definition) is 0. The fourth-order valence-corrected chi connectivity index (χ4v) is 1.41. The van der Waals surface area contributed by atoms with Crippen molar-refractivity contribution in [2.24, 2.45) is 5.92 Å². The first-order valence-corrected chi connectivity index (χ1v) is 4.40. The summed E-state index contributed by atoms with van der Waals surface area (Å²) in [6.07, 6.45) is 2.04. The van der Waals surface area contributed by atoms with E-state index in [0.29, 0.717) is 5.78 Å². The van der Waals surface area contributed by atoms with Crippen LogP contribution in [0, 0.1) is 5.92 Å². The predicted molar refractivity (Wildman–Crippen MR) is 45.5 cm³/mol. The molecule has 2 nitrogen and oxygen atoms in total. The van der Waals surface area contributed by atoms with E-state index >= 15 is 0 Å². The number of carbonyl (C=O) groups excluding carboxylic acids is 1. The minimum atomic E-state index is 0.241. The number of rotatable bonds is 3. The van der Waals surface area contributed by atoms with Crippen LogP contribution in [0.4, 0.5) is 0 Å². The van der Waals surface area contributed by atoms with Crippen LogP contribution >= 0.6 is 0 Å². The van der Waals surface area contributed by atoms with Gasteiger partial charge in [-0.1, -0.05) is 13.8 Å². The van der Waals surface area contributed by atoms with Gasteiger partial charge in [-0.05, 0) is 19.9 Å². The maximum Gasteiger partial charge on any atom is 0.152 e. The Morgan fingerprint density at radius 2 is 2.36 bits per heavy atom. The predicted octanol–water partition coefficient (Wildman–Crippen LogP) is 1.31. The van der Waals surface area contributed by atoms with Crippen molar-refractivity contribution in [3.05, 3.63) is 0 Å². The summed E-state index contributed by atoms with van der Waals surface area (Å²) in [5.74, 6) is 0.684. The van der Waals surface area contributed by atoms with E-state index in [-0.39, 0.29) is 12.0 Å². The number of nitrogens with zero attached hydrogens (tertiary/aromatic N) is 1.